The van der Waals surface area contributed by atoms with E-state index in [1.54, 1.807) is 0 Å². The lowest BCUT2D eigenvalue weighted by molar-refractivity contribution is -0.286. The molecule has 0 aliphatic heterocycles. The van der Waals surface area contributed by atoms with Gasteiger partial charge in [-0.3, -0.25) is 0 Å². The van der Waals surface area contributed by atoms with Crippen molar-refractivity contribution in [3.63, 3.8) is 0 Å². The van der Waals surface area contributed by atoms with Crippen LogP contribution in [0.5, 0.6) is 0 Å². The first-order valence-electron chi connectivity index (χ1n) is 2.00. The minimum absolute atomic E-state index is 2.70. The molecular weight excluding hydrogens is 181 g/mol. The summed E-state index contributed by atoms with van der Waals surface area (Å²) < 4.78 is 74.4. The van der Waals surface area contributed by atoms with Gasteiger partial charge in [0.25, 0.3) is 0 Å². The van der Waals surface area contributed by atoms with Crippen molar-refractivity contribution >= 4 is 0 Å². The summed E-state index contributed by atoms with van der Waals surface area (Å²) in [5.74, 6) is -5.19. The molecule has 0 aromatic rings. The molecule has 67 valence electrons. The highest BCUT2D eigenvalue weighted by molar-refractivity contribution is 4.73. The Morgan fingerprint density at radius 1 is 0.909 bits per heavy atom. The third-order valence-electron chi connectivity index (χ3n) is 0.583. The summed E-state index contributed by atoms with van der Waals surface area (Å²) in [7, 11) is 4.25. The van der Waals surface area contributed by atoms with Crippen LogP contribution in [0.2, 0.25) is 0 Å². The quantitative estimate of drug-likeness (QED) is 0.548. The lowest BCUT2D eigenvalue weighted by Gasteiger charge is -2.14. The largest absolute Gasteiger partial charge is 0.456 e. The van der Waals surface area contributed by atoms with E-state index in [1.165, 1.54) is 0 Å². The minimum Gasteiger partial charge on any atom is -0.244 e. The zero-order valence-electron chi connectivity index (χ0n) is 4.85. The van der Waals surface area contributed by atoms with Gasteiger partial charge in [-0.15, -0.1) is 0 Å². The Hall–Kier alpha value is -0.490. The maximum atomic E-state index is 11.2. The van der Waals surface area contributed by atoms with Crippen molar-refractivity contribution in [2.45, 2.75) is 12.1 Å². The zero-order valence-corrected chi connectivity index (χ0v) is 4.85. The number of hydrogen-bond acceptors (Lipinski definition) is 0. The minimum atomic E-state index is -5.76. The van der Waals surface area contributed by atoms with Crippen LogP contribution in [0, 0.1) is 7.18 Å². The van der Waals surface area contributed by atoms with Crippen molar-refractivity contribution < 1.29 is 30.7 Å². The summed E-state index contributed by atoms with van der Waals surface area (Å²) in [6.45, 7) is -2.70. The van der Waals surface area contributed by atoms with Crippen LogP contribution in [0.15, 0.2) is 0 Å². The number of rotatable bonds is 1. The first-order valence-corrected chi connectivity index (χ1v) is 2.00. The Bertz CT molecular complexity index is 93.1. The van der Waals surface area contributed by atoms with Crippen molar-refractivity contribution in [1.29, 1.82) is 0 Å². The molecule has 0 fully saturated rings. The fourth-order valence-corrected chi connectivity index (χ4v) is 0.0758. The van der Waals surface area contributed by atoms with Crippen LogP contribution in [0.1, 0.15) is 0 Å². The van der Waals surface area contributed by atoms with E-state index in [0.29, 0.717) is 0 Å². The van der Waals surface area contributed by atoms with Gasteiger partial charge in [-0.2, -0.15) is 22.0 Å². The van der Waals surface area contributed by atoms with Gasteiger partial charge in [0.05, 0.1) is 0 Å². The average Bonchev–Trinajstić information content (AvgIpc) is 1.90. The highest BCUT2D eigenvalue weighted by Gasteiger charge is 2.57. The molecule has 0 aliphatic rings. The smallest absolute Gasteiger partial charge is 0.244 e. The van der Waals surface area contributed by atoms with Crippen LogP contribution >= 0.6 is 0 Å². The van der Waals surface area contributed by atoms with Crippen molar-refractivity contribution in [3.05, 3.63) is 7.18 Å². The first-order chi connectivity index (χ1) is 4.81. The Labute approximate surface area is 58.0 Å². The molecule has 0 aromatic heterocycles. The molecule has 0 nitrogen and oxygen atoms in total. The first kappa shape index (κ1) is 13.1. The molecule has 7 heteroatoms. The standard InChI is InChI=1S/C3H2F6.CF/c4-1-2(5,6)3(7,8)9;1-2/h1H2;. The Morgan fingerprint density at radius 3 is 1.18 bits per heavy atom. The van der Waals surface area contributed by atoms with E-state index in [-0.39, 0.29) is 0 Å². The van der Waals surface area contributed by atoms with Gasteiger partial charge in [-0.25, -0.2) is 8.78 Å². The molecule has 0 rings (SSSR count). The lowest BCUT2D eigenvalue weighted by atomic mass is 10.4. The number of halogens is 7. The van der Waals surface area contributed by atoms with E-state index in [0.717, 1.165) is 0 Å². The Morgan fingerprint density at radius 2 is 1.18 bits per heavy atom. The summed E-state index contributed by atoms with van der Waals surface area (Å²) in [6, 6.07) is 0. The van der Waals surface area contributed by atoms with Crippen LogP contribution in [-0.2, 0) is 0 Å². The molecule has 0 aromatic carbocycles. The fourth-order valence-electron chi connectivity index (χ4n) is 0.0758. The summed E-state index contributed by atoms with van der Waals surface area (Å²) >= 11 is 0. The third-order valence-corrected chi connectivity index (χ3v) is 0.583. The summed E-state index contributed by atoms with van der Waals surface area (Å²) in [5, 5.41) is 0. The Kier molecular flexibility index (Phi) is 5.25. The van der Waals surface area contributed by atoms with Crippen LogP contribution in [0.25, 0.3) is 0 Å². The second-order valence-corrected chi connectivity index (χ2v) is 1.34. The van der Waals surface area contributed by atoms with Crippen molar-refractivity contribution in [3.8, 4) is 0 Å². The van der Waals surface area contributed by atoms with Crippen LogP contribution in [0.3, 0.4) is 0 Å². The molecule has 11 heavy (non-hydrogen) atoms. The van der Waals surface area contributed by atoms with Gasteiger partial charge in [0.2, 0.25) is 7.18 Å². The summed E-state index contributed by atoms with van der Waals surface area (Å²) in [4.78, 5) is 0. The zero-order chi connectivity index (χ0) is 9.71. The van der Waals surface area contributed by atoms with E-state index in [2.05, 4.69) is 7.18 Å². The van der Waals surface area contributed by atoms with Gasteiger partial charge in [-0.05, 0) is 0 Å². The van der Waals surface area contributed by atoms with Gasteiger partial charge in [-0.1, -0.05) is 0 Å². The van der Waals surface area contributed by atoms with E-state index >= 15 is 0 Å². The second-order valence-electron chi connectivity index (χ2n) is 1.34. The topological polar surface area (TPSA) is 0 Å². The van der Waals surface area contributed by atoms with Crippen molar-refractivity contribution in [1.82, 2.24) is 0 Å². The summed E-state index contributed by atoms with van der Waals surface area (Å²) in [6.07, 6.45) is -5.76. The molecule has 0 saturated heterocycles. The third kappa shape index (κ3) is 4.05. The van der Waals surface area contributed by atoms with E-state index < -0.39 is 18.8 Å². The maximum absolute atomic E-state index is 11.2. The summed E-state index contributed by atoms with van der Waals surface area (Å²) in [5.41, 5.74) is 0. The molecule has 0 spiro atoms. The molecule has 0 amide bonds. The SMILES string of the molecule is FCC(F)(F)C(F)(F)F.[C]F. The van der Waals surface area contributed by atoms with E-state index in [9.17, 15) is 26.3 Å². The molecule has 0 heterocycles. The van der Waals surface area contributed by atoms with Gasteiger partial charge in [0.1, 0.15) is 0 Å². The normalized spacial score (nSPS) is 12.0. The monoisotopic (exact) mass is 183 g/mol. The highest BCUT2D eigenvalue weighted by atomic mass is 19.4. The lowest BCUT2D eigenvalue weighted by Crippen LogP contribution is -2.38. The molecule has 0 N–H and O–H groups in total. The maximum Gasteiger partial charge on any atom is 0.456 e. The number of alkyl halides is 6. The average molecular weight is 183 g/mol. The molecular formula is C4H2F7. The predicted octanol–water partition coefficient (Wildman–Crippen LogP) is 2.65. The Balaban J connectivity index is 0. The van der Waals surface area contributed by atoms with Crippen LogP contribution in [0.4, 0.5) is 30.7 Å². The molecule has 0 unspecified atom stereocenters. The second kappa shape index (κ2) is 4.40. The molecule has 0 atom stereocenters. The van der Waals surface area contributed by atoms with Gasteiger partial charge >= 0.3 is 12.1 Å². The van der Waals surface area contributed by atoms with Crippen molar-refractivity contribution in [2.24, 2.45) is 0 Å². The molecule has 3 radical (unpaired) electrons. The highest BCUT2D eigenvalue weighted by Crippen LogP contribution is 2.35. The van der Waals surface area contributed by atoms with Gasteiger partial charge in [0, 0.05) is 0 Å². The van der Waals surface area contributed by atoms with Gasteiger partial charge < -0.3 is 0 Å². The predicted molar refractivity (Wildman–Crippen MR) is 21.3 cm³/mol. The van der Waals surface area contributed by atoms with Gasteiger partial charge in [0.15, 0.2) is 6.67 Å². The molecule has 0 bridgehead atoms. The van der Waals surface area contributed by atoms with Crippen LogP contribution < -0.4 is 0 Å². The van der Waals surface area contributed by atoms with E-state index in [4.69, 9.17) is 4.39 Å². The molecule has 0 aliphatic carbocycles. The van der Waals surface area contributed by atoms with E-state index in [1.807, 2.05) is 0 Å². The van der Waals surface area contributed by atoms with Crippen LogP contribution in [-0.4, -0.2) is 18.8 Å². The fraction of sp³-hybridized carbons (Fsp3) is 0.750. The number of hydrogen-bond donors (Lipinski definition) is 0. The molecule has 0 saturated carbocycles. The van der Waals surface area contributed by atoms with Crippen molar-refractivity contribution in [2.75, 3.05) is 6.67 Å².